The molecule has 1 aliphatic carbocycles. The fourth-order valence-corrected chi connectivity index (χ4v) is 6.35. The fraction of sp³-hybridized carbons (Fsp3) is 0.190. The molecule has 158 valence electrons. The minimum atomic E-state index is -3.62. The summed E-state index contributed by atoms with van der Waals surface area (Å²) < 4.78 is 28.5. The van der Waals surface area contributed by atoms with Crippen molar-refractivity contribution in [2.45, 2.75) is 24.2 Å². The summed E-state index contributed by atoms with van der Waals surface area (Å²) in [7, 11) is -3.62. The van der Waals surface area contributed by atoms with Crippen LogP contribution in [-0.2, 0) is 14.8 Å². The number of anilines is 2. The topological polar surface area (TPSA) is 101 Å². The van der Waals surface area contributed by atoms with Gasteiger partial charge in [0, 0.05) is 18.3 Å². The molecule has 0 saturated heterocycles. The third-order valence-corrected chi connectivity index (χ3v) is 8.42. The summed E-state index contributed by atoms with van der Waals surface area (Å²) in [6.07, 6.45) is 4.24. The van der Waals surface area contributed by atoms with Crippen molar-refractivity contribution in [2.75, 3.05) is 10.0 Å². The van der Waals surface area contributed by atoms with Gasteiger partial charge in [0.15, 0.2) is 5.13 Å². The fourth-order valence-electron chi connectivity index (χ4n) is 3.51. The molecule has 2 atom stereocenters. The molecule has 31 heavy (non-hydrogen) atoms. The number of carbonyl (C=O) groups is 1. The number of benzene rings is 1. The molecule has 1 amide bonds. The number of hydrogen-bond donors (Lipinski definition) is 2. The molecule has 5 rings (SSSR count). The van der Waals surface area contributed by atoms with Crippen molar-refractivity contribution in [1.82, 2.24) is 9.97 Å². The van der Waals surface area contributed by atoms with Crippen molar-refractivity contribution in [3.63, 3.8) is 0 Å². The minimum Gasteiger partial charge on any atom is -0.302 e. The van der Waals surface area contributed by atoms with E-state index in [1.807, 2.05) is 12.3 Å². The van der Waals surface area contributed by atoms with Crippen molar-refractivity contribution in [2.24, 2.45) is 5.92 Å². The molecule has 0 aliphatic heterocycles. The predicted molar refractivity (Wildman–Crippen MR) is 123 cm³/mol. The van der Waals surface area contributed by atoms with Crippen LogP contribution < -0.4 is 10.0 Å². The maximum atomic E-state index is 12.7. The number of nitrogens with zero attached hydrogens (tertiary/aromatic N) is 2. The van der Waals surface area contributed by atoms with Crippen molar-refractivity contribution < 1.29 is 13.2 Å². The number of fused-ring (bicyclic) bond motifs is 1. The third kappa shape index (κ3) is 4.06. The number of hydrogen-bond acceptors (Lipinski definition) is 7. The second kappa shape index (κ2) is 7.70. The number of pyridine rings is 1. The molecule has 3 aromatic heterocycles. The molecule has 7 nitrogen and oxygen atoms in total. The Morgan fingerprint density at radius 1 is 1.16 bits per heavy atom. The summed E-state index contributed by atoms with van der Waals surface area (Å²) in [4.78, 5) is 21.5. The van der Waals surface area contributed by atoms with Gasteiger partial charge in [-0.1, -0.05) is 23.5 Å². The number of aryl methyl sites for hydroxylation is 1. The highest BCUT2D eigenvalue weighted by Crippen LogP contribution is 2.48. The number of amides is 1. The van der Waals surface area contributed by atoms with E-state index >= 15 is 0 Å². The first-order chi connectivity index (χ1) is 14.9. The van der Waals surface area contributed by atoms with Crippen LogP contribution in [0.15, 0.2) is 59.1 Å². The summed E-state index contributed by atoms with van der Waals surface area (Å²) >= 11 is 2.74. The van der Waals surface area contributed by atoms with E-state index < -0.39 is 10.0 Å². The van der Waals surface area contributed by atoms with Crippen LogP contribution in [0.2, 0.25) is 0 Å². The van der Waals surface area contributed by atoms with Crippen LogP contribution in [0.5, 0.6) is 0 Å². The normalized spacial score (nSPS) is 18.1. The van der Waals surface area contributed by atoms with Crippen molar-refractivity contribution >= 4 is 59.0 Å². The number of nitrogens with one attached hydrogen (secondary N) is 2. The highest BCUT2D eigenvalue weighted by atomic mass is 32.2. The summed E-state index contributed by atoms with van der Waals surface area (Å²) in [5.74, 6) is -0.122. The number of sulfonamides is 1. The standard InChI is InChI=1S/C21H18N4O3S3/c1-12-10-22-11-17-19(12)23-21(30-17)24-20(26)16-9-15(16)13-4-6-14(7-5-13)31(27,28)25-18-3-2-8-29-18/h2-8,10-11,15-16,25H,9H2,1H3,(H,23,24,26). The number of thiazole rings is 1. The number of thiophene rings is 1. The van der Waals surface area contributed by atoms with E-state index in [9.17, 15) is 13.2 Å². The highest BCUT2D eigenvalue weighted by molar-refractivity contribution is 7.93. The molecule has 10 heteroatoms. The summed E-state index contributed by atoms with van der Waals surface area (Å²) in [5.41, 5.74) is 2.79. The van der Waals surface area contributed by atoms with Gasteiger partial charge in [0.1, 0.15) is 5.00 Å². The first kappa shape index (κ1) is 20.1. The maximum Gasteiger partial charge on any atom is 0.262 e. The number of carbonyl (C=O) groups excluding carboxylic acids is 1. The Hall–Kier alpha value is -2.82. The predicted octanol–water partition coefficient (Wildman–Crippen LogP) is 4.60. The smallest absolute Gasteiger partial charge is 0.262 e. The lowest BCUT2D eigenvalue weighted by Gasteiger charge is -2.07. The van der Waals surface area contributed by atoms with Crippen molar-refractivity contribution in [3.05, 3.63) is 65.3 Å². The van der Waals surface area contributed by atoms with Gasteiger partial charge in [0.25, 0.3) is 10.0 Å². The van der Waals surface area contributed by atoms with E-state index in [2.05, 4.69) is 20.0 Å². The number of rotatable bonds is 6. The second-order valence-electron chi connectivity index (χ2n) is 7.41. The Morgan fingerprint density at radius 3 is 2.68 bits per heavy atom. The van der Waals surface area contributed by atoms with Crippen LogP contribution >= 0.6 is 22.7 Å². The lowest BCUT2D eigenvalue weighted by molar-refractivity contribution is -0.117. The quantitative estimate of drug-likeness (QED) is 0.429. The van der Waals surface area contributed by atoms with Gasteiger partial charge >= 0.3 is 0 Å². The lowest BCUT2D eigenvalue weighted by atomic mass is 10.1. The van der Waals surface area contributed by atoms with E-state index in [1.54, 1.807) is 48.8 Å². The molecule has 1 saturated carbocycles. The van der Waals surface area contributed by atoms with Crippen LogP contribution in [-0.4, -0.2) is 24.3 Å². The third-order valence-electron chi connectivity index (χ3n) is 5.22. The van der Waals surface area contributed by atoms with Gasteiger partial charge in [-0.25, -0.2) is 13.4 Å². The van der Waals surface area contributed by atoms with Crippen LogP contribution in [0.1, 0.15) is 23.5 Å². The summed E-state index contributed by atoms with van der Waals surface area (Å²) in [6.45, 7) is 1.94. The van der Waals surface area contributed by atoms with Gasteiger partial charge in [-0.15, -0.1) is 11.3 Å². The first-order valence-electron chi connectivity index (χ1n) is 9.59. The Balaban J connectivity index is 1.25. The molecule has 1 aromatic carbocycles. The Morgan fingerprint density at radius 2 is 1.97 bits per heavy atom. The second-order valence-corrected chi connectivity index (χ2v) is 11.1. The molecule has 1 fully saturated rings. The van der Waals surface area contributed by atoms with Crippen molar-refractivity contribution in [1.29, 1.82) is 0 Å². The molecular weight excluding hydrogens is 452 g/mol. The van der Waals surface area contributed by atoms with E-state index in [1.165, 1.54) is 22.7 Å². The molecular formula is C21H18N4O3S3. The molecule has 1 aliphatic rings. The zero-order valence-corrected chi connectivity index (χ0v) is 18.9. The molecule has 0 bridgehead atoms. The Kier molecular flexibility index (Phi) is 4.99. The molecule has 4 aromatic rings. The van der Waals surface area contributed by atoms with Gasteiger partial charge in [-0.2, -0.15) is 0 Å². The van der Waals surface area contributed by atoms with Crippen LogP contribution in [0.4, 0.5) is 10.1 Å². The molecule has 0 radical (unpaired) electrons. The molecule has 2 N–H and O–H groups in total. The van der Waals surface area contributed by atoms with Gasteiger partial charge in [-0.05, 0) is 60.0 Å². The zero-order chi connectivity index (χ0) is 21.6. The zero-order valence-electron chi connectivity index (χ0n) is 16.4. The largest absolute Gasteiger partial charge is 0.302 e. The average molecular weight is 471 g/mol. The van der Waals surface area contributed by atoms with Gasteiger partial charge in [0.2, 0.25) is 5.91 Å². The van der Waals surface area contributed by atoms with Gasteiger partial charge < -0.3 is 5.32 Å². The first-order valence-corrected chi connectivity index (χ1v) is 12.8. The average Bonchev–Trinajstić information content (AvgIpc) is 3.19. The SMILES string of the molecule is Cc1cncc2sc(NC(=O)C3CC3c3ccc(S(=O)(=O)Nc4cccs4)cc3)nc12. The minimum absolute atomic E-state index is 0.0641. The van der Waals surface area contributed by atoms with Crippen molar-refractivity contribution in [3.8, 4) is 0 Å². The molecule has 3 heterocycles. The Bertz CT molecular complexity index is 1360. The van der Waals surface area contributed by atoms with E-state index in [0.717, 1.165) is 27.8 Å². The van der Waals surface area contributed by atoms with E-state index in [0.29, 0.717) is 10.1 Å². The van der Waals surface area contributed by atoms with Crippen LogP contribution in [0, 0.1) is 12.8 Å². The summed E-state index contributed by atoms with van der Waals surface area (Å²) in [5, 5.41) is 5.87. The maximum absolute atomic E-state index is 12.7. The number of aromatic nitrogens is 2. The molecule has 2 unspecified atom stereocenters. The Labute approximate surface area is 187 Å². The van der Waals surface area contributed by atoms with E-state index in [4.69, 9.17) is 0 Å². The monoisotopic (exact) mass is 470 g/mol. The van der Waals surface area contributed by atoms with Crippen LogP contribution in [0.3, 0.4) is 0 Å². The summed E-state index contributed by atoms with van der Waals surface area (Å²) in [6, 6.07) is 10.2. The van der Waals surface area contributed by atoms with Gasteiger partial charge in [-0.3, -0.25) is 14.5 Å². The van der Waals surface area contributed by atoms with E-state index in [-0.39, 0.29) is 22.6 Å². The lowest BCUT2D eigenvalue weighted by Crippen LogP contribution is -2.14. The highest BCUT2D eigenvalue weighted by Gasteiger charge is 2.44. The van der Waals surface area contributed by atoms with Gasteiger partial charge in [0.05, 0.1) is 15.1 Å². The van der Waals surface area contributed by atoms with Crippen LogP contribution in [0.25, 0.3) is 10.2 Å². The molecule has 0 spiro atoms.